The van der Waals surface area contributed by atoms with E-state index in [4.69, 9.17) is 0 Å². The molecule has 0 aliphatic carbocycles. The zero-order chi connectivity index (χ0) is 22.9. The molecule has 4 heterocycles. The summed E-state index contributed by atoms with van der Waals surface area (Å²) in [5.74, 6) is -0.120. The molecule has 2 atom stereocenters. The highest BCUT2D eigenvalue weighted by Gasteiger charge is 2.53. The van der Waals surface area contributed by atoms with Gasteiger partial charge in [-0.25, -0.2) is 9.78 Å². The summed E-state index contributed by atoms with van der Waals surface area (Å²) >= 11 is 3.58. The summed E-state index contributed by atoms with van der Waals surface area (Å²) in [5.41, 5.74) is 5.02. The van der Waals surface area contributed by atoms with Crippen LogP contribution in [0.4, 0.5) is 4.79 Å². The maximum Gasteiger partial charge on any atom is 0.328 e. The minimum Gasteiger partial charge on any atom is -0.356 e. The molecule has 2 unspecified atom stereocenters. The molecule has 6 rings (SSSR count). The number of carbonyl (C=O) groups is 2. The van der Waals surface area contributed by atoms with E-state index in [0.29, 0.717) is 6.42 Å². The van der Waals surface area contributed by atoms with E-state index in [1.807, 2.05) is 61.0 Å². The minimum absolute atomic E-state index is 0.120. The number of halogens is 1. The zero-order valence-corrected chi connectivity index (χ0v) is 19.8. The molecule has 2 aliphatic heterocycles. The van der Waals surface area contributed by atoms with Crippen molar-refractivity contribution in [3.05, 3.63) is 82.5 Å². The normalized spacial score (nSPS) is 20.1. The predicted molar refractivity (Wildman–Crippen MR) is 128 cm³/mol. The van der Waals surface area contributed by atoms with Crippen molar-refractivity contribution in [2.45, 2.75) is 38.4 Å². The Bertz CT molecular complexity index is 1390. The summed E-state index contributed by atoms with van der Waals surface area (Å²) in [5, 5.41) is 1.09. The van der Waals surface area contributed by atoms with Crippen LogP contribution in [-0.2, 0) is 11.2 Å². The van der Waals surface area contributed by atoms with Crippen molar-refractivity contribution in [3.63, 3.8) is 0 Å². The van der Waals surface area contributed by atoms with Gasteiger partial charge in [-0.2, -0.15) is 0 Å². The van der Waals surface area contributed by atoms with E-state index in [9.17, 15) is 9.59 Å². The quantitative estimate of drug-likeness (QED) is 0.408. The van der Waals surface area contributed by atoms with Gasteiger partial charge in [-0.05, 0) is 55.3 Å². The van der Waals surface area contributed by atoms with Gasteiger partial charge >= 0.3 is 6.03 Å². The van der Waals surface area contributed by atoms with Crippen molar-refractivity contribution >= 4 is 38.8 Å². The van der Waals surface area contributed by atoms with Crippen LogP contribution < -0.4 is 0 Å². The van der Waals surface area contributed by atoms with Crippen LogP contribution in [0.5, 0.6) is 0 Å². The fourth-order valence-electron chi connectivity index (χ4n) is 5.18. The zero-order valence-electron chi connectivity index (χ0n) is 18.2. The summed E-state index contributed by atoms with van der Waals surface area (Å²) in [6, 6.07) is 12.9. The van der Waals surface area contributed by atoms with Crippen LogP contribution in [0.3, 0.4) is 0 Å². The van der Waals surface area contributed by atoms with E-state index in [0.717, 1.165) is 37.9 Å². The highest BCUT2D eigenvalue weighted by molar-refractivity contribution is 9.10. The Hall–Kier alpha value is -3.39. The number of amides is 3. The number of imide groups is 1. The van der Waals surface area contributed by atoms with Crippen molar-refractivity contribution in [1.29, 1.82) is 0 Å². The maximum absolute atomic E-state index is 13.5. The van der Waals surface area contributed by atoms with Crippen molar-refractivity contribution < 1.29 is 9.59 Å². The number of hydrogen-bond acceptors (Lipinski definition) is 3. The Morgan fingerprint density at radius 2 is 1.91 bits per heavy atom. The van der Waals surface area contributed by atoms with Gasteiger partial charge in [0.25, 0.3) is 5.91 Å². The summed E-state index contributed by atoms with van der Waals surface area (Å²) in [4.78, 5) is 37.7. The average molecular weight is 504 g/mol. The van der Waals surface area contributed by atoms with Gasteiger partial charge in [-0.3, -0.25) is 14.6 Å². The van der Waals surface area contributed by atoms with Crippen molar-refractivity contribution in [2.24, 2.45) is 0 Å². The molecule has 166 valence electrons. The molecular formula is C25H22BrN5O2. The number of fused-ring (bicyclic) bond motifs is 4. The third-order valence-corrected chi connectivity index (χ3v) is 7.16. The fraction of sp³-hybridized carbons (Fsp3) is 0.240. The molecule has 0 spiro atoms. The van der Waals surface area contributed by atoms with E-state index < -0.39 is 6.04 Å². The number of imidazole rings is 1. The Morgan fingerprint density at radius 1 is 1.12 bits per heavy atom. The van der Waals surface area contributed by atoms with Crippen molar-refractivity contribution in [3.8, 4) is 5.69 Å². The van der Waals surface area contributed by atoms with Crippen LogP contribution in [0.15, 0.2) is 65.7 Å². The smallest absolute Gasteiger partial charge is 0.328 e. The molecule has 1 N–H and O–H groups in total. The highest BCUT2D eigenvalue weighted by Crippen LogP contribution is 2.44. The molecule has 2 aromatic heterocycles. The first-order chi connectivity index (χ1) is 15.9. The second-order valence-corrected chi connectivity index (χ2v) is 9.80. The van der Waals surface area contributed by atoms with Gasteiger partial charge in [0, 0.05) is 51.6 Å². The summed E-state index contributed by atoms with van der Waals surface area (Å²) in [6.07, 6.45) is 5.89. The number of benzene rings is 2. The molecule has 33 heavy (non-hydrogen) atoms. The van der Waals surface area contributed by atoms with E-state index in [1.54, 1.807) is 17.4 Å². The lowest BCUT2D eigenvalue weighted by Gasteiger charge is -2.36. The predicted octanol–water partition coefficient (Wildman–Crippen LogP) is 4.80. The first kappa shape index (κ1) is 20.2. The number of nitrogens with one attached hydrogen (secondary N) is 1. The first-order valence-electron chi connectivity index (χ1n) is 11.0. The second kappa shape index (κ2) is 7.31. The molecule has 7 nitrogen and oxygen atoms in total. The maximum atomic E-state index is 13.5. The molecule has 1 saturated heterocycles. The third-order valence-electron chi connectivity index (χ3n) is 6.66. The summed E-state index contributed by atoms with van der Waals surface area (Å²) in [6.45, 7) is 3.77. The number of aromatic nitrogens is 3. The lowest BCUT2D eigenvalue weighted by Crippen LogP contribution is -2.44. The Morgan fingerprint density at radius 3 is 2.61 bits per heavy atom. The van der Waals surface area contributed by atoms with E-state index in [1.165, 1.54) is 4.90 Å². The number of carbonyl (C=O) groups excluding carboxylic acids is 2. The average Bonchev–Trinajstić information content (AvgIpc) is 3.51. The minimum atomic E-state index is -0.510. The molecule has 4 aromatic rings. The number of rotatable bonds is 3. The van der Waals surface area contributed by atoms with Crippen LogP contribution in [-0.4, -0.2) is 48.4 Å². The topological polar surface area (TPSA) is 74.2 Å². The summed E-state index contributed by atoms with van der Waals surface area (Å²) in [7, 11) is 0. The van der Waals surface area contributed by atoms with Gasteiger partial charge in [0.15, 0.2) is 0 Å². The number of aromatic amines is 1. The van der Waals surface area contributed by atoms with Crippen LogP contribution >= 0.6 is 15.9 Å². The SMILES string of the molecule is CC(C)N1C(=O)C2Cc3c([nH]c4ccc(Br)cc34)C(c3ccc(-n4ccnc4)cc3)N2C1=O. The molecule has 3 amide bonds. The Balaban J connectivity index is 1.53. The van der Waals surface area contributed by atoms with Gasteiger partial charge < -0.3 is 9.55 Å². The van der Waals surface area contributed by atoms with Crippen LogP contribution in [0.1, 0.15) is 36.7 Å². The van der Waals surface area contributed by atoms with Gasteiger partial charge in [0.05, 0.1) is 6.33 Å². The van der Waals surface area contributed by atoms with Gasteiger partial charge in [0.2, 0.25) is 0 Å². The molecule has 0 radical (unpaired) electrons. The monoisotopic (exact) mass is 503 g/mol. The lowest BCUT2D eigenvalue weighted by molar-refractivity contribution is -0.129. The Labute approximate surface area is 199 Å². The Kier molecular flexibility index (Phi) is 4.48. The molecule has 1 fully saturated rings. The van der Waals surface area contributed by atoms with E-state index >= 15 is 0 Å². The number of hydrogen-bond donors (Lipinski definition) is 1. The summed E-state index contributed by atoms with van der Waals surface area (Å²) < 4.78 is 2.92. The lowest BCUT2D eigenvalue weighted by atomic mass is 9.89. The van der Waals surface area contributed by atoms with Gasteiger partial charge in [-0.1, -0.05) is 28.1 Å². The van der Waals surface area contributed by atoms with Crippen molar-refractivity contribution in [1.82, 2.24) is 24.3 Å². The van der Waals surface area contributed by atoms with E-state index in [2.05, 4.69) is 32.0 Å². The highest BCUT2D eigenvalue weighted by atomic mass is 79.9. The standard InChI is InChI=1S/C25H22BrN5O2/c1-14(2)30-24(32)21-12-19-18-11-16(26)5-8-20(18)28-22(19)23(31(21)25(30)33)15-3-6-17(7-4-15)29-10-9-27-13-29/h3-11,13-14,21,23,28H,12H2,1-2H3. The molecule has 0 bridgehead atoms. The molecule has 0 saturated carbocycles. The van der Waals surface area contributed by atoms with Gasteiger partial charge in [0.1, 0.15) is 12.1 Å². The van der Waals surface area contributed by atoms with E-state index in [-0.39, 0.29) is 24.0 Å². The second-order valence-electron chi connectivity index (χ2n) is 8.88. The first-order valence-corrected chi connectivity index (χ1v) is 11.8. The van der Waals surface area contributed by atoms with Gasteiger partial charge in [-0.15, -0.1) is 0 Å². The molecular weight excluding hydrogens is 482 g/mol. The van der Waals surface area contributed by atoms with Crippen molar-refractivity contribution in [2.75, 3.05) is 0 Å². The molecule has 2 aromatic carbocycles. The number of urea groups is 1. The molecule has 2 aliphatic rings. The largest absolute Gasteiger partial charge is 0.356 e. The fourth-order valence-corrected chi connectivity index (χ4v) is 5.54. The third kappa shape index (κ3) is 2.97. The number of H-pyrrole nitrogens is 1. The number of nitrogens with zero attached hydrogens (tertiary/aromatic N) is 4. The molecule has 8 heteroatoms. The van der Waals surface area contributed by atoms with Crippen LogP contribution in [0.25, 0.3) is 16.6 Å². The van der Waals surface area contributed by atoms with Crippen LogP contribution in [0, 0.1) is 0 Å². The van der Waals surface area contributed by atoms with Crippen LogP contribution in [0.2, 0.25) is 0 Å².